The van der Waals surface area contributed by atoms with Crippen LogP contribution < -0.4 is 11.1 Å². The lowest BCUT2D eigenvalue weighted by Crippen LogP contribution is -2.15. The van der Waals surface area contributed by atoms with E-state index < -0.39 is 0 Å². The second-order valence-electron chi connectivity index (χ2n) is 4.35. The lowest BCUT2D eigenvalue weighted by Gasteiger charge is -2.08. The molecule has 0 fully saturated rings. The highest BCUT2D eigenvalue weighted by atomic mass is 32.2. The van der Waals surface area contributed by atoms with E-state index in [1.165, 1.54) is 6.92 Å². The van der Waals surface area contributed by atoms with E-state index >= 15 is 0 Å². The third kappa shape index (κ3) is 6.08. The molecule has 0 atom stereocenters. The van der Waals surface area contributed by atoms with Crippen molar-refractivity contribution in [1.82, 2.24) is 0 Å². The maximum absolute atomic E-state index is 11.7. The Labute approximate surface area is 123 Å². The third-order valence-corrected chi connectivity index (χ3v) is 3.56. The number of rotatable bonds is 8. The zero-order valence-corrected chi connectivity index (χ0v) is 12.6. The molecule has 1 aromatic carbocycles. The highest BCUT2D eigenvalue weighted by molar-refractivity contribution is 7.99. The molecule has 0 aromatic heterocycles. The molecule has 0 aliphatic heterocycles. The maximum atomic E-state index is 11.7. The summed E-state index contributed by atoms with van der Waals surface area (Å²) in [5.41, 5.74) is 7.21. The Morgan fingerprint density at radius 3 is 2.75 bits per heavy atom. The number of anilines is 2. The largest absolute Gasteiger partial charge is 0.399 e. The first-order chi connectivity index (χ1) is 9.52. The van der Waals surface area contributed by atoms with Gasteiger partial charge in [-0.1, -0.05) is 0 Å². The van der Waals surface area contributed by atoms with Crippen LogP contribution in [0, 0.1) is 0 Å². The highest BCUT2D eigenvalue weighted by Crippen LogP contribution is 2.17. The Morgan fingerprint density at radius 2 is 2.10 bits per heavy atom. The molecule has 1 amide bonds. The first-order valence-corrected chi connectivity index (χ1v) is 7.46. The number of hydrogen-bond donors (Lipinski definition) is 2. The average Bonchev–Trinajstić information content (AvgIpc) is 2.37. The van der Waals surface area contributed by atoms with Crippen molar-refractivity contribution in [2.45, 2.75) is 13.3 Å². The van der Waals surface area contributed by atoms with Crippen molar-refractivity contribution in [3.63, 3.8) is 0 Å². The first-order valence-electron chi connectivity index (χ1n) is 6.31. The maximum Gasteiger partial charge on any atom is 0.234 e. The van der Waals surface area contributed by atoms with Gasteiger partial charge in [-0.05, 0) is 37.3 Å². The van der Waals surface area contributed by atoms with Gasteiger partial charge < -0.3 is 15.8 Å². The summed E-state index contributed by atoms with van der Waals surface area (Å²) < 4.78 is 4.93. The van der Waals surface area contributed by atoms with Gasteiger partial charge in [-0.25, -0.2) is 0 Å². The predicted molar refractivity (Wildman–Crippen MR) is 83.3 cm³/mol. The number of ether oxygens (including phenoxy) is 1. The highest BCUT2D eigenvalue weighted by Gasteiger charge is 2.06. The van der Waals surface area contributed by atoms with Crippen LogP contribution in [0.1, 0.15) is 23.7 Å². The summed E-state index contributed by atoms with van der Waals surface area (Å²) in [5, 5.41) is 2.75. The molecule has 0 heterocycles. The number of amides is 1. The topological polar surface area (TPSA) is 81.4 Å². The van der Waals surface area contributed by atoms with Crippen molar-refractivity contribution < 1.29 is 14.3 Å². The van der Waals surface area contributed by atoms with Crippen LogP contribution in [0.15, 0.2) is 18.2 Å². The molecule has 1 rings (SSSR count). The summed E-state index contributed by atoms with van der Waals surface area (Å²) in [6, 6.07) is 4.86. The Hall–Kier alpha value is -1.53. The van der Waals surface area contributed by atoms with E-state index in [0.717, 1.165) is 12.2 Å². The van der Waals surface area contributed by atoms with Crippen LogP contribution >= 0.6 is 11.8 Å². The van der Waals surface area contributed by atoms with Crippen molar-refractivity contribution in [3.05, 3.63) is 23.8 Å². The lowest BCUT2D eigenvalue weighted by molar-refractivity contribution is -0.113. The standard InChI is InChI=1S/C14H20N2O3S/c1-10(17)11-6-12(15)8-13(7-11)16-14(18)9-20-5-3-4-19-2/h6-8H,3-5,9,15H2,1-2H3,(H,16,18). The Morgan fingerprint density at radius 1 is 1.35 bits per heavy atom. The molecule has 20 heavy (non-hydrogen) atoms. The molecule has 1 aromatic rings. The van der Waals surface area contributed by atoms with Crippen molar-refractivity contribution in [3.8, 4) is 0 Å². The number of carbonyl (C=O) groups is 2. The van der Waals surface area contributed by atoms with E-state index in [1.807, 2.05) is 0 Å². The van der Waals surface area contributed by atoms with E-state index in [0.29, 0.717) is 29.3 Å². The summed E-state index contributed by atoms with van der Waals surface area (Å²) >= 11 is 1.55. The molecule has 0 aliphatic rings. The fourth-order valence-electron chi connectivity index (χ4n) is 1.59. The SMILES string of the molecule is COCCCSCC(=O)Nc1cc(N)cc(C(C)=O)c1. The fraction of sp³-hybridized carbons (Fsp3) is 0.429. The summed E-state index contributed by atoms with van der Waals surface area (Å²) in [5.74, 6) is 1.06. The van der Waals surface area contributed by atoms with Gasteiger partial charge in [-0.3, -0.25) is 9.59 Å². The minimum Gasteiger partial charge on any atom is -0.399 e. The summed E-state index contributed by atoms with van der Waals surface area (Å²) in [6.45, 7) is 2.16. The number of nitrogens with one attached hydrogen (secondary N) is 1. The molecule has 0 aliphatic carbocycles. The van der Waals surface area contributed by atoms with Crippen molar-refractivity contribution in [1.29, 1.82) is 0 Å². The van der Waals surface area contributed by atoms with Crippen LogP contribution in [0.3, 0.4) is 0 Å². The van der Waals surface area contributed by atoms with Gasteiger partial charge in [-0.2, -0.15) is 11.8 Å². The summed E-state index contributed by atoms with van der Waals surface area (Å²) in [4.78, 5) is 23.1. The first kappa shape index (κ1) is 16.5. The molecule has 6 heteroatoms. The van der Waals surface area contributed by atoms with Gasteiger partial charge in [-0.15, -0.1) is 0 Å². The molecular formula is C14H20N2O3S. The zero-order chi connectivity index (χ0) is 15.0. The smallest absolute Gasteiger partial charge is 0.234 e. The number of nitrogens with two attached hydrogens (primary N) is 1. The van der Waals surface area contributed by atoms with Gasteiger partial charge in [0.25, 0.3) is 0 Å². The van der Waals surface area contributed by atoms with E-state index in [1.54, 1.807) is 37.1 Å². The Balaban J connectivity index is 2.47. The van der Waals surface area contributed by atoms with Gasteiger partial charge in [0.15, 0.2) is 5.78 Å². The second-order valence-corrected chi connectivity index (χ2v) is 5.45. The van der Waals surface area contributed by atoms with Crippen molar-refractivity contribution in [2.24, 2.45) is 0 Å². The molecule has 3 N–H and O–H groups in total. The summed E-state index contributed by atoms with van der Waals surface area (Å²) in [7, 11) is 1.66. The number of benzene rings is 1. The quantitative estimate of drug-likeness (QED) is 0.436. The zero-order valence-electron chi connectivity index (χ0n) is 11.8. The van der Waals surface area contributed by atoms with Crippen molar-refractivity contribution >= 4 is 34.8 Å². The number of methoxy groups -OCH3 is 1. The normalized spacial score (nSPS) is 10.3. The molecule has 0 radical (unpaired) electrons. The van der Waals surface area contributed by atoms with E-state index in [2.05, 4.69) is 5.32 Å². The Kier molecular flexibility index (Phi) is 7.11. The van der Waals surface area contributed by atoms with E-state index in [4.69, 9.17) is 10.5 Å². The number of thioether (sulfide) groups is 1. The van der Waals surface area contributed by atoms with E-state index in [9.17, 15) is 9.59 Å². The molecule has 0 bridgehead atoms. The number of hydrogen-bond acceptors (Lipinski definition) is 5. The molecule has 110 valence electrons. The van der Waals surface area contributed by atoms with Crippen LogP contribution in [0.25, 0.3) is 0 Å². The number of Topliss-reactive ketones (excluding diaryl/α,β-unsaturated/α-hetero) is 1. The van der Waals surface area contributed by atoms with Crippen LogP contribution in [-0.4, -0.2) is 36.9 Å². The van der Waals surface area contributed by atoms with E-state index in [-0.39, 0.29) is 11.7 Å². The van der Waals surface area contributed by atoms with Crippen LogP contribution in [0.2, 0.25) is 0 Å². The van der Waals surface area contributed by atoms with Gasteiger partial charge in [0.1, 0.15) is 0 Å². The fourth-order valence-corrected chi connectivity index (χ4v) is 2.32. The van der Waals surface area contributed by atoms with Crippen LogP contribution in [-0.2, 0) is 9.53 Å². The molecule has 0 saturated heterocycles. The van der Waals surface area contributed by atoms with Gasteiger partial charge >= 0.3 is 0 Å². The predicted octanol–water partition coefficient (Wildman–Crippen LogP) is 2.18. The summed E-state index contributed by atoms with van der Waals surface area (Å²) in [6.07, 6.45) is 0.918. The van der Waals surface area contributed by atoms with Crippen LogP contribution in [0.5, 0.6) is 0 Å². The number of carbonyl (C=O) groups excluding carboxylic acids is 2. The molecular weight excluding hydrogens is 276 g/mol. The second kappa shape index (κ2) is 8.60. The van der Waals surface area contributed by atoms with Gasteiger partial charge in [0.05, 0.1) is 5.75 Å². The number of nitrogen functional groups attached to an aromatic ring is 1. The van der Waals surface area contributed by atoms with Gasteiger partial charge in [0, 0.05) is 30.7 Å². The molecule has 0 spiro atoms. The monoisotopic (exact) mass is 296 g/mol. The molecule has 0 unspecified atom stereocenters. The Bertz CT molecular complexity index is 477. The lowest BCUT2D eigenvalue weighted by atomic mass is 10.1. The molecule has 5 nitrogen and oxygen atoms in total. The van der Waals surface area contributed by atoms with Crippen LogP contribution in [0.4, 0.5) is 11.4 Å². The van der Waals surface area contributed by atoms with Crippen molar-refractivity contribution in [2.75, 3.05) is 36.3 Å². The minimum absolute atomic E-state index is 0.0817. The minimum atomic E-state index is -0.104. The average molecular weight is 296 g/mol. The van der Waals surface area contributed by atoms with Gasteiger partial charge in [0.2, 0.25) is 5.91 Å². The molecule has 0 saturated carbocycles. The number of ketones is 1. The third-order valence-electron chi connectivity index (χ3n) is 2.52.